The molecule has 1 heterocycles. The van der Waals surface area contributed by atoms with Crippen LogP contribution in [0.2, 0.25) is 0 Å². The summed E-state index contributed by atoms with van der Waals surface area (Å²) in [5.41, 5.74) is 0.424. The second kappa shape index (κ2) is 6.30. The van der Waals surface area contributed by atoms with Crippen molar-refractivity contribution in [3.63, 3.8) is 0 Å². The topological polar surface area (TPSA) is 69.4 Å². The molecule has 0 amide bonds. The summed E-state index contributed by atoms with van der Waals surface area (Å²) in [6.07, 6.45) is 1.40. The van der Waals surface area contributed by atoms with E-state index in [4.69, 9.17) is 9.15 Å². The van der Waals surface area contributed by atoms with Crippen LogP contribution in [-0.4, -0.2) is 20.0 Å². The van der Waals surface area contributed by atoms with Gasteiger partial charge in [-0.15, -0.1) is 0 Å². The minimum Gasteiger partial charge on any atom is -0.494 e. The SMILES string of the molecule is CCOc1ccc(S(=O)(=O)Cc2coc(C(C)C)n2)cc1. The van der Waals surface area contributed by atoms with Gasteiger partial charge in [-0.05, 0) is 31.2 Å². The summed E-state index contributed by atoms with van der Waals surface area (Å²) in [5, 5.41) is 0. The molecule has 0 bridgehead atoms. The van der Waals surface area contributed by atoms with Crippen molar-refractivity contribution >= 4 is 9.84 Å². The van der Waals surface area contributed by atoms with Crippen molar-refractivity contribution in [2.75, 3.05) is 6.61 Å². The summed E-state index contributed by atoms with van der Waals surface area (Å²) in [7, 11) is -3.44. The first kappa shape index (κ1) is 15.6. The Labute approximate surface area is 124 Å². The average molecular weight is 309 g/mol. The molecular weight excluding hydrogens is 290 g/mol. The molecule has 2 rings (SSSR count). The van der Waals surface area contributed by atoms with Gasteiger partial charge in [0.1, 0.15) is 17.8 Å². The lowest BCUT2D eigenvalue weighted by molar-refractivity contribution is 0.340. The molecular formula is C15H19NO4S. The largest absolute Gasteiger partial charge is 0.494 e. The predicted octanol–water partition coefficient (Wildman–Crippen LogP) is 3.17. The number of hydrogen-bond donors (Lipinski definition) is 0. The van der Waals surface area contributed by atoms with Crippen molar-refractivity contribution in [1.82, 2.24) is 4.98 Å². The maximum atomic E-state index is 12.3. The highest BCUT2D eigenvalue weighted by molar-refractivity contribution is 7.90. The second-order valence-electron chi connectivity index (χ2n) is 5.00. The van der Waals surface area contributed by atoms with Gasteiger partial charge in [0.15, 0.2) is 15.7 Å². The van der Waals surface area contributed by atoms with Crippen LogP contribution >= 0.6 is 0 Å². The number of benzene rings is 1. The molecule has 0 saturated carbocycles. The summed E-state index contributed by atoms with van der Waals surface area (Å²) in [4.78, 5) is 4.45. The van der Waals surface area contributed by atoms with E-state index in [0.29, 0.717) is 23.9 Å². The van der Waals surface area contributed by atoms with Crippen molar-refractivity contribution in [2.24, 2.45) is 0 Å². The minimum absolute atomic E-state index is 0.131. The maximum absolute atomic E-state index is 12.3. The number of rotatable bonds is 6. The van der Waals surface area contributed by atoms with Crippen molar-refractivity contribution in [3.05, 3.63) is 42.1 Å². The van der Waals surface area contributed by atoms with E-state index in [-0.39, 0.29) is 16.6 Å². The zero-order valence-corrected chi connectivity index (χ0v) is 13.2. The number of ether oxygens (including phenoxy) is 1. The molecule has 0 aliphatic heterocycles. The number of sulfone groups is 1. The summed E-state index contributed by atoms with van der Waals surface area (Å²) in [6, 6.07) is 6.39. The van der Waals surface area contributed by atoms with Crippen LogP contribution in [0, 0.1) is 0 Å². The van der Waals surface area contributed by atoms with Crippen LogP contribution in [0.3, 0.4) is 0 Å². The molecule has 5 nitrogen and oxygen atoms in total. The monoisotopic (exact) mass is 309 g/mol. The Kier molecular flexibility index (Phi) is 4.67. The molecule has 6 heteroatoms. The van der Waals surface area contributed by atoms with E-state index >= 15 is 0 Å². The molecule has 0 atom stereocenters. The summed E-state index contributed by atoms with van der Waals surface area (Å²) >= 11 is 0. The molecule has 0 fully saturated rings. The Hall–Kier alpha value is -1.82. The lowest BCUT2D eigenvalue weighted by Gasteiger charge is -2.05. The van der Waals surface area contributed by atoms with Gasteiger partial charge in [0.25, 0.3) is 0 Å². The Bertz CT molecular complexity index is 687. The van der Waals surface area contributed by atoms with Crippen LogP contribution in [0.15, 0.2) is 39.8 Å². The van der Waals surface area contributed by atoms with Crippen LogP contribution in [0.1, 0.15) is 38.3 Å². The zero-order valence-electron chi connectivity index (χ0n) is 12.4. The van der Waals surface area contributed by atoms with E-state index in [9.17, 15) is 8.42 Å². The molecule has 0 spiro atoms. The van der Waals surface area contributed by atoms with Crippen molar-refractivity contribution in [3.8, 4) is 5.75 Å². The number of hydrogen-bond acceptors (Lipinski definition) is 5. The summed E-state index contributed by atoms with van der Waals surface area (Å²) in [5.74, 6) is 1.16. The van der Waals surface area contributed by atoms with Gasteiger partial charge in [-0.2, -0.15) is 0 Å². The molecule has 0 aliphatic carbocycles. The van der Waals surface area contributed by atoms with E-state index in [1.165, 1.54) is 6.26 Å². The predicted molar refractivity (Wildman–Crippen MR) is 79.1 cm³/mol. The third-order valence-corrected chi connectivity index (χ3v) is 4.56. The van der Waals surface area contributed by atoms with Gasteiger partial charge in [-0.3, -0.25) is 0 Å². The smallest absolute Gasteiger partial charge is 0.196 e. The van der Waals surface area contributed by atoms with Gasteiger partial charge in [-0.25, -0.2) is 13.4 Å². The quantitative estimate of drug-likeness (QED) is 0.819. The fourth-order valence-corrected chi connectivity index (χ4v) is 3.08. The van der Waals surface area contributed by atoms with Gasteiger partial charge >= 0.3 is 0 Å². The van der Waals surface area contributed by atoms with Crippen LogP contribution in [0.25, 0.3) is 0 Å². The third kappa shape index (κ3) is 3.85. The fraction of sp³-hybridized carbons (Fsp3) is 0.400. The zero-order chi connectivity index (χ0) is 15.5. The van der Waals surface area contributed by atoms with Crippen LogP contribution in [0.4, 0.5) is 0 Å². The lowest BCUT2D eigenvalue weighted by atomic mass is 10.2. The first-order valence-electron chi connectivity index (χ1n) is 6.82. The molecule has 2 aromatic rings. The highest BCUT2D eigenvalue weighted by Gasteiger charge is 2.18. The Morgan fingerprint density at radius 2 is 1.90 bits per heavy atom. The van der Waals surface area contributed by atoms with Gasteiger partial charge in [-0.1, -0.05) is 13.8 Å². The van der Waals surface area contributed by atoms with E-state index < -0.39 is 9.84 Å². The molecule has 0 aliphatic rings. The van der Waals surface area contributed by atoms with E-state index in [1.54, 1.807) is 24.3 Å². The van der Waals surface area contributed by atoms with Crippen molar-refractivity contribution in [1.29, 1.82) is 0 Å². The molecule has 0 saturated heterocycles. The summed E-state index contributed by atoms with van der Waals surface area (Å²) in [6.45, 7) is 6.30. The Balaban J connectivity index is 2.17. The highest BCUT2D eigenvalue weighted by atomic mass is 32.2. The fourth-order valence-electron chi connectivity index (χ4n) is 1.84. The molecule has 0 N–H and O–H groups in total. The van der Waals surface area contributed by atoms with Crippen LogP contribution in [-0.2, 0) is 15.6 Å². The number of nitrogens with zero attached hydrogens (tertiary/aromatic N) is 1. The van der Waals surface area contributed by atoms with Crippen molar-refractivity contribution in [2.45, 2.75) is 37.3 Å². The van der Waals surface area contributed by atoms with E-state index in [1.807, 2.05) is 20.8 Å². The molecule has 21 heavy (non-hydrogen) atoms. The van der Waals surface area contributed by atoms with Gasteiger partial charge < -0.3 is 9.15 Å². The lowest BCUT2D eigenvalue weighted by Crippen LogP contribution is -2.05. The van der Waals surface area contributed by atoms with Gasteiger partial charge in [0.05, 0.1) is 17.2 Å². The number of aromatic nitrogens is 1. The van der Waals surface area contributed by atoms with Crippen LogP contribution in [0.5, 0.6) is 5.75 Å². The van der Waals surface area contributed by atoms with Crippen LogP contribution < -0.4 is 4.74 Å². The molecule has 114 valence electrons. The first-order valence-corrected chi connectivity index (χ1v) is 8.47. The Morgan fingerprint density at radius 3 is 2.43 bits per heavy atom. The van der Waals surface area contributed by atoms with E-state index in [0.717, 1.165) is 0 Å². The highest BCUT2D eigenvalue weighted by Crippen LogP contribution is 2.21. The standard InChI is InChI=1S/C15H19NO4S/c1-4-19-13-5-7-14(8-6-13)21(17,18)10-12-9-20-15(16-12)11(2)3/h5-9,11H,4,10H2,1-3H3. The molecule has 0 unspecified atom stereocenters. The van der Waals surface area contributed by atoms with Gasteiger partial charge in [0.2, 0.25) is 0 Å². The summed E-state index contributed by atoms with van der Waals surface area (Å²) < 4.78 is 35.2. The normalized spacial score (nSPS) is 11.8. The van der Waals surface area contributed by atoms with E-state index in [2.05, 4.69) is 4.98 Å². The maximum Gasteiger partial charge on any atom is 0.196 e. The number of oxazole rings is 1. The second-order valence-corrected chi connectivity index (χ2v) is 6.98. The van der Waals surface area contributed by atoms with Gasteiger partial charge in [0, 0.05) is 5.92 Å². The molecule has 0 radical (unpaired) electrons. The average Bonchev–Trinajstić information content (AvgIpc) is 2.88. The third-order valence-electron chi connectivity index (χ3n) is 2.90. The van der Waals surface area contributed by atoms with Crippen molar-refractivity contribution < 1.29 is 17.6 Å². The molecule has 1 aromatic carbocycles. The minimum atomic E-state index is -3.44. The Morgan fingerprint density at radius 1 is 1.24 bits per heavy atom. The molecule has 1 aromatic heterocycles. The first-order chi connectivity index (χ1) is 9.92.